The lowest BCUT2D eigenvalue weighted by molar-refractivity contribution is -0.152. The minimum Gasteiger partial charge on any atom is -0.452 e. The largest absolute Gasteiger partial charge is 0.452 e. The second-order valence-electron chi connectivity index (χ2n) is 6.91. The molecule has 0 saturated heterocycles. The molecule has 0 unspecified atom stereocenters. The number of nitrogens with zero attached hydrogens (tertiary/aromatic N) is 1. The highest BCUT2D eigenvalue weighted by Gasteiger charge is 2.20. The summed E-state index contributed by atoms with van der Waals surface area (Å²) in [4.78, 5) is 36.6. The van der Waals surface area contributed by atoms with E-state index < -0.39 is 18.0 Å². The highest BCUT2D eigenvalue weighted by Crippen LogP contribution is 2.19. The van der Waals surface area contributed by atoms with Crippen LogP contribution in [0.4, 0.5) is 5.69 Å². The Hall–Kier alpha value is -4.00. The molecule has 150 valence electrons. The van der Waals surface area contributed by atoms with Crippen LogP contribution < -0.4 is 10.9 Å². The van der Waals surface area contributed by atoms with Gasteiger partial charge in [-0.15, -0.1) is 0 Å². The van der Waals surface area contributed by atoms with Gasteiger partial charge in [0.15, 0.2) is 6.10 Å². The zero-order valence-corrected chi connectivity index (χ0v) is 16.2. The molecule has 0 fully saturated rings. The van der Waals surface area contributed by atoms with Crippen LogP contribution in [0.2, 0.25) is 0 Å². The number of hydrogen-bond acceptors (Lipinski definition) is 5. The third-order valence-corrected chi connectivity index (χ3v) is 4.78. The van der Waals surface area contributed by atoms with Crippen LogP contribution in [0.25, 0.3) is 21.5 Å². The molecule has 1 amide bonds. The van der Waals surface area contributed by atoms with Gasteiger partial charge in [0.05, 0.1) is 17.5 Å². The van der Waals surface area contributed by atoms with Crippen LogP contribution in [-0.2, 0) is 20.7 Å². The highest BCUT2D eigenvalue weighted by molar-refractivity contribution is 5.97. The smallest absolute Gasteiger partial charge is 0.312 e. The average molecular weight is 401 g/mol. The second kappa shape index (κ2) is 8.16. The molecule has 2 N–H and O–H groups in total. The maximum absolute atomic E-state index is 12.4. The van der Waals surface area contributed by atoms with Gasteiger partial charge >= 0.3 is 5.97 Å². The third kappa shape index (κ3) is 4.05. The summed E-state index contributed by atoms with van der Waals surface area (Å²) >= 11 is 0. The van der Waals surface area contributed by atoms with Crippen molar-refractivity contribution in [1.29, 1.82) is 0 Å². The van der Waals surface area contributed by atoms with Crippen molar-refractivity contribution in [3.63, 3.8) is 0 Å². The fraction of sp³-hybridized carbons (Fsp3) is 0.130. The van der Waals surface area contributed by atoms with E-state index in [-0.39, 0.29) is 12.0 Å². The number of rotatable bonds is 5. The zero-order chi connectivity index (χ0) is 21.1. The van der Waals surface area contributed by atoms with E-state index in [1.54, 1.807) is 30.3 Å². The molecule has 0 bridgehead atoms. The molecular weight excluding hydrogens is 382 g/mol. The Morgan fingerprint density at radius 1 is 1.00 bits per heavy atom. The van der Waals surface area contributed by atoms with Crippen LogP contribution in [0.5, 0.6) is 0 Å². The number of fused-ring (bicyclic) bond motifs is 2. The van der Waals surface area contributed by atoms with Crippen molar-refractivity contribution in [2.75, 3.05) is 5.32 Å². The standard InChI is InChI=1S/C23H19N3O4/c1-14(22(28)24-17-11-10-15-6-2-3-7-16(15)12-17)30-21(27)13-20-18-8-4-5-9-19(18)23(29)26-25-20/h2-12,14H,13H2,1H3,(H,24,28)(H,26,29)/t14-/m0/s1. The van der Waals surface area contributed by atoms with E-state index >= 15 is 0 Å². The number of nitrogens with one attached hydrogen (secondary N) is 2. The zero-order valence-electron chi connectivity index (χ0n) is 16.2. The van der Waals surface area contributed by atoms with Gasteiger partial charge < -0.3 is 10.1 Å². The quantitative estimate of drug-likeness (QED) is 0.500. The molecule has 0 aliphatic rings. The molecule has 7 nitrogen and oxygen atoms in total. The average Bonchev–Trinajstić information content (AvgIpc) is 2.75. The summed E-state index contributed by atoms with van der Waals surface area (Å²) in [5.74, 6) is -1.04. The maximum atomic E-state index is 12.4. The predicted octanol–water partition coefficient (Wildman–Crippen LogP) is 3.19. The Morgan fingerprint density at radius 3 is 2.50 bits per heavy atom. The molecule has 4 aromatic rings. The lowest BCUT2D eigenvalue weighted by Crippen LogP contribution is -2.30. The number of amides is 1. The molecule has 1 aromatic heterocycles. The molecule has 0 aliphatic carbocycles. The van der Waals surface area contributed by atoms with Gasteiger partial charge in [0.25, 0.3) is 11.5 Å². The lowest BCUT2D eigenvalue weighted by atomic mass is 10.1. The van der Waals surface area contributed by atoms with Gasteiger partial charge in [-0.25, -0.2) is 5.10 Å². The SMILES string of the molecule is C[C@H](OC(=O)Cc1n[nH]c(=O)c2ccccc12)C(=O)Nc1ccc2ccccc2c1. The number of H-pyrrole nitrogens is 1. The Labute approximate surface area is 171 Å². The first-order chi connectivity index (χ1) is 14.5. The van der Waals surface area contributed by atoms with Crippen LogP contribution >= 0.6 is 0 Å². The molecule has 0 spiro atoms. The van der Waals surface area contributed by atoms with E-state index in [0.29, 0.717) is 22.2 Å². The van der Waals surface area contributed by atoms with Gasteiger partial charge in [0, 0.05) is 11.1 Å². The number of aromatic amines is 1. The first-order valence-corrected chi connectivity index (χ1v) is 9.47. The molecule has 0 radical (unpaired) electrons. The number of carbonyl (C=O) groups excluding carboxylic acids is 2. The normalized spacial score (nSPS) is 11.9. The summed E-state index contributed by atoms with van der Waals surface area (Å²) in [5.41, 5.74) is 0.679. The maximum Gasteiger partial charge on any atom is 0.312 e. The van der Waals surface area contributed by atoms with Crippen LogP contribution in [-0.4, -0.2) is 28.2 Å². The van der Waals surface area contributed by atoms with Gasteiger partial charge in [0.2, 0.25) is 0 Å². The van der Waals surface area contributed by atoms with Crippen molar-refractivity contribution in [1.82, 2.24) is 10.2 Å². The van der Waals surface area contributed by atoms with Crippen LogP contribution in [0.15, 0.2) is 71.5 Å². The summed E-state index contributed by atoms with van der Waals surface area (Å²) in [7, 11) is 0. The number of anilines is 1. The van der Waals surface area contributed by atoms with Crippen LogP contribution in [0.3, 0.4) is 0 Å². The molecule has 3 aromatic carbocycles. The topological polar surface area (TPSA) is 101 Å². The van der Waals surface area contributed by atoms with Crippen LogP contribution in [0.1, 0.15) is 12.6 Å². The van der Waals surface area contributed by atoms with Gasteiger partial charge in [0.1, 0.15) is 0 Å². The fourth-order valence-corrected chi connectivity index (χ4v) is 3.25. The van der Waals surface area contributed by atoms with Crippen molar-refractivity contribution < 1.29 is 14.3 Å². The van der Waals surface area contributed by atoms with E-state index in [1.165, 1.54) is 6.92 Å². The summed E-state index contributed by atoms with van der Waals surface area (Å²) < 4.78 is 5.27. The lowest BCUT2D eigenvalue weighted by Gasteiger charge is -2.14. The van der Waals surface area contributed by atoms with Gasteiger partial charge in [-0.2, -0.15) is 5.10 Å². The summed E-state index contributed by atoms with van der Waals surface area (Å²) in [6.45, 7) is 1.51. The van der Waals surface area contributed by atoms with E-state index in [4.69, 9.17) is 4.74 Å². The third-order valence-electron chi connectivity index (χ3n) is 4.78. The number of benzene rings is 3. The second-order valence-corrected chi connectivity index (χ2v) is 6.91. The molecule has 7 heteroatoms. The molecule has 1 heterocycles. The Morgan fingerprint density at radius 2 is 1.70 bits per heavy atom. The first kappa shape index (κ1) is 19.3. The van der Waals surface area contributed by atoms with Crippen molar-refractivity contribution in [2.45, 2.75) is 19.4 Å². The number of carbonyl (C=O) groups is 2. The summed E-state index contributed by atoms with van der Waals surface area (Å²) in [6, 6.07) is 20.3. The number of esters is 1. The van der Waals surface area contributed by atoms with Gasteiger partial charge in [-0.1, -0.05) is 48.5 Å². The molecule has 0 saturated carbocycles. The van der Waals surface area contributed by atoms with Gasteiger partial charge in [-0.05, 0) is 35.9 Å². The minimum atomic E-state index is -0.988. The van der Waals surface area contributed by atoms with Crippen LogP contribution in [0, 0.1) is 0 Å². The summed E-state index contributed by atoms with van der Waals surface area (Å²) in [6.07, 6.45) is -1.15. The van der Waals surface area contributed by atoms with Gasteiger partial charge in [-0.3, -0.25) is 14.4 Å². The monoisotopic (exact) mass is 401 g/mol. The molecule has 4 rings (SSSR count). The molecule has 30 heavy (non-hydrogen) atoms. The van der Waals surface area contributed by atoms with E-state index in [0.717, 1.165) is 10.8 Å². The minimum absolute atomic E-state index is 0.162. The first-order valence-electron chi connectivity index (χ1n) is 9.47. The van der Waals surface area contributed by atoms with Crippen molar-refractivity contribution >= 4 is 39.1 Å². The molecular formula is C23H19N3O4. The Balaban J connectivity index is 1.42. The highest BCUT2D eigenvalue weighted by atomic mass is 16.5. The predicted molar refractivity (Wildman–Crippen MR) is 114 cm³/mol. The van der Waals surface area contributed by atoms with E-state index in [2.05, 4.69) is 15.5 Å². The molecule has 1 atom stereocenters. The summed E-state index contributed by atoms with van der Waals surface area (Å²) in [5, 5.41) is 12.2. The Kier molecular flexibility index (Phi) is 5.26. The van der Waals surface area contributed by atoms with Crippen molar-refractivity contribution in [3.05, 3.63) is 82.8 Å². The van der Waals surface area contributed by atoms with E-state index in [1.807, 2.05) is 36.4 Å². The van der Waals surface area contributed by atoms with E-state index in [9.17, 15) is 14.4 Å². The Bertz CT molecular complexity index is 1310. The van der Waals surface area contributed by atoms with Crippen molar-refractivity contribution in [2.24, 2.45) is 0 Å². The number of ether oxygens (including phenoxy) is 1. The van der Waals surface area contributed by atoms with Crippen molar-refractivity contribution in [3.8, 4) is 0 Å². The number of hydrogen-bond donors (Lipinski definition) is 2. The molecule has 0 aliphatic heterocycles. The fourth-order valence-electron chi connectivity index (χ4n) is 3.25. The number of aromatic nitrogens is 2.